The molecule has 1 unspecified atom stereocenters. The molecule has 0 aliphatic heterocycles. The SMILES string of the molecule is O=C(NCC(O)COc1cccc(C(F)(F)F)c1)C1CCCC1. The monoisotopic (exact) mass is 331 g/mol. The van der Waals surface area contributed by atoms with Gasteiger partial charge in [-0.15, -0.1) is 0 Å². The van der Waals surface area contributed by atoms with Crippen LogP contribution < -0.4 is 10.1 Å². The summed E-state index contributed by atoms with van der Waals surface area (Å²) in [5.41, 5.74) is -0.806. The highest BCUT2D eigenvalue weighted by atomic mass is 19.4. The molecule has 0 heterocycles. The van der Waals surface area contributed by atoms with Gasteiger partial charge >= 0.3 is 6.18 Å². The third-order valence-corrected chi connectivity index (χ3v) is 3.84. The van der Waals surface area contributed by atoms with E-state index in [0.717, 1.165) is 37.8 Å². The van der Waals surface area contributed by atoms with Crippen molar-refractivity contribution in [2.75, 3.05) is 13.2 Å². The molecule has 0 bridgehead atoms. The van der Waals surface area contributed by atoms with Gasteiger partial charge in [-0.05, 0) is 31.0 Å². The summed E-state index contributed by atoms with van der Waals surface area (Å²) in [5, 5.41) is 12.4. The zero-order valence-corrected chi connectivity index (χ0v) is 12.6. The predicted octanol–water partition coefficient (Wildman–Crippen LogP) is 2.75. The lowest BCUT2D eigenvalue weighted by Gasteiger charge is -2.16. The molecule has 1 aromatic rings. The van der Waals surface area contributed by atoms with Crippen molar-refractivity contribution in [2.45, 2.75) is 38.0 Å². The van der Waals surface area contributed by atoms with Gasteiger partial charge in [-0.3, -0.25) is 4.79 Å². The van der Waals surface area contributed by atoms with Gasteiger partial charge in [-0.25, -0.2) is 0 Å². The Labute approximate surface area is 132 Å². The van der Waals surface area contributed by atoms with Crippen LogP contribution >= 0.6 is 0 Å². The molecule has 128 valence electrons. The molecule has 23 heavy (non-hydrogen) atoms. The summed E-state index contributed by atoms with van der Waals surface area (Å²) in [6.45, 7) is -0.166. The fourth-order valence-electron chi connectivity index (χ4n) is 2.56. The molecule has 0 saturated heterocycles. The first kappa shape index (κ1) is 17.6. The van der Waals surface area contributed by atoms with Gasteiger partial charge in [-0.2, -0.15) is 13.2 Å². The fourth-order valence-corrected chi connectivity index (χ4v) is 2.56. The number of rotatable bonds is 6. The summed E-state index contributed by atoms with van der Waals surface area (Å²) in [7, 11) is 0. The number of amides is 1. The Morgan fingerprint density at radius 3 is 2.70 bits per heavy atom. The quantitative estimate of drug-likeness (QED) is 0.843. The second-order valence-electron chi connectivity index (χ2n) is 5.72. The molecule has 1 aromatic carbocycles. The molecule has 1 fully saturated rings. The first-order valence-electron chi connectivity index (χ1n) is 7.62. The molecule has 1 amide bonds. The molecule has 0 aromatic heterocycles. The van der Waals surface area contributed by atoms with Gasteiger partial charge in [0.25, 0.3) is 0 Å². The van der Waals surface area contributed by atoms with Crippen LogP contribution in [0.3, 0.4) is 0 Å². The van der Waals surface area contributed by atoms with Crippen LogP contribution in [0.2, 0.25) is 0 Å². The lowest BCUT2D eigenvalue weighted by atomic mass is 10.1. The van der Waals surface area contributed by atoms with Crippen molar-refractivity contribution in [2.24, 2.45) is 5.92 Å². The number of alkyl halides is 3. The highest BCUT2D eigenvalue weighted by Gasteiger charge is 2.30. The number of hydrogen-bond acceptors (Lipinski definition) is 3. The van der Waals surface area contributed by atoms with E-state index in [1.54, 1.807) is 0 Å². The number of carbonyl (C=O) groups excluding carboxylic acids is 1. The van der Waals surface area contributed by atoms with Crippen molar-refractivity contribution in [3.05, 3.63) is 29.8 Å². The molecular formula is C16H20F3NO3. The second-order valence-corrected chi connectivity index (χ2v) is 5.72. The van der Waals surface area contributed by atoms with Crippen LogP contribution in [0.4, 0.5) is 13.2 Å². The van der Waals surface area contributed by atoms with Gasteiger partial charge in [-0.1, -0.05) is 18.9 Å². The van der Waals surface area contributed by atoms with E-state index < -0.39 is 17.8 Å². The van der Waals surface area contributed by atoms with E-state index >= 15 is 0 Å². The third kappa shape index (κ3) is 5.42. The number of aliphatic hydroxyl groups is 1. The summed E-state index contributed by atoms with van der Waals surface area (Å²) >= 11 is 0. The first-order valence-corrected chi connectivity index (χ1v) is 7.62. The number of benzene rings is 1. The van der Waals surface area contributed by atoms with Crippen LogP contribution in [-0.4, -0.2) is 30.3 Å². The normalized spacial score (nSPS) is 17.0. The van der Waals surface area contributed by atoms with Crippen molar-refractivity contribution in [3.8, 4) is 5.75 Å². The molecule has 1 aliphatic rings. The molecule has 1 atom stereocenters. The Morgan fingerprint density at radius 2 is 2.04 bits per heavy atom. The molecule has 0 spiro atoms. The number of aliphatic hydroxyl groups excluding tert-OH is 1. The van der Waals surface area contributed by atoms with E-state index in [9.17, 15) is 23.1 Å². The van der Waals surface area contributed by atoms with Crippen molar-refractivity contribution in [1.82, 2.24) is 5.32 Å². The average molecular weight is 331 g/mol. The largest absolute Gasteiger partial charge is 0.491 e. The average Bonchev–Trinajstić information content (AvgIpc) is 3.04. The molecule has 4 nitrogen and oxygen atoms in total. The molecule has 7 heteroatoms. The lowest BCUT2D eigenvalue weighted by Crippen LogP contribution is -2.37. The topological polar surface area (TPSA) is 58.6 Å². The van der Waals surface area contributed by atoms with Crippen LogP contribution in [0.25, 0.3) is 0 Å². The highest BCUT2D eigenvalue weighted by Crippen LogP contribution is 2.31. The van der Waals surface area contributed by atoms with E-state index in [0.29, 0.717) is 0 Å². The zero-order valence-electron chi connectivity index (χ0n) is 12.6. The Morgan fingerprint density at radius 1 is 1.35 bits per heavy atom. The molecule has 1 aliphatic carbocycles. The Hall–Kier alpha value is -1.76. The van der Waals surface area contributed by atoms with Crippen LogP contribution in [0.1, 0.15) is 31.2 Å². The number of carbonyl (C=O) groups is 1. The maximum Gasteiger partial charge on any atom is 0.416 e. The van der Waals surface area contributed by atoms with Crippen molar-refractivity contribution in [1.29, 1.82) is 0 Å². The van der Waals surface area contributed by atoms with E-state index in [1.165, 1.54) is 12.1 Å². The van der Waals surface area contributed by atoms with Crippen LogP contribution in [0, 0.1) is 5.92 Å². The Balaban J connectivity index is 1.75. The maximum absolute atomic E-state index is 12.6. The van der Waals surface area contributed by atoms with Gasteiger partial charge < -0.3 is 15.2 Å². The lowest BCUT2D eigenvalue weighted by molar-refractivity contribution is -0.137. The van der Waals surface area contributed by atoms with Crippen LogP contribution in [0.15, 0.2) is 24.3 Å². The highest BCUT2D eigenvalue weighted by molar-refractivity contribution is 5.78. The predicted molar refractivity (Wildman–Crippen MR) is 77.9 cm³/mol. The van der Waals surface area contributed by atoms with Crippen LogP contribution in [-0.2, 0) is 11.0 Å². The third-order valence-electron chi connectivity index (χ3n) is 3.84. The maximum atomic E-state index is 12.6. The van der Waals surface area contributed by atoms with E-state index in [1.807, 2.05) is 0 Å². The Kier molecular flexibility index (Phi) is 5.87. The number of hydrogen-bond donors (Lipinski definition) is 2. The molecule has 2 N–H and O–H groups in total. The van der Waals surface area contributed by atoms with Crippen LogP contribution in [0.5, 0.6) is 5.75 Å². The number of ether oxygens (including phenoxy) is 1. The van der Waals surface area contributed by atoms with Gasteiger partial charge in [0.2, 0.25) is 5.91 Å². The van der Waals surface area contributed by atoms with Crippen molar-refractivity contribution >= 4 is 5.91 Å². The molecule has 0 radical (unpaired) electrons. The Bertz CT molecular complexity index is 528. The minimum atomic E-state index is -4.44. The second kappa shape index (κ2) is 7.68. The van der Waals surface area contributed by atoms with Gasteiger partial charge in [0.1, 0.15) is 18.5 Å². The summed E-state index contributed by atoms with van der Waals surface area (Å²) in [6.07, 6.45) is -1.60. The molecule has 1 saturated carbocycles. The standard InChI is InChI=1S/C16H20F3NO3/c17-16(18,19)12-6-3-7-14(8-12)23-10-13(21)9-20-15(22)11-4-1-2-5-11/h3,6-8,11,13,21H,1-2,4-5,9-10H2,(H,20,22). The molecular weight excluding hydrogens is 311 g/mol. The van der Waals surface area contributed by atoms with E-state index in [-0.39, 0.29) is 30.7 Å². The summed E-state index contributed by atoms with van der Waals surface area (Å²) in [6, 6.07) is 4.46. The minimum Gasteiger partial charge on any atom is -0.491 e. The molecule has 2 rings (SSSR count). The number of nitrogens with one attached hydrogen (secondary N) is 1. The zero-order chi connectivity index (χ0) is 16.9. The van der Waals surface area contributed by atoms with E-state index in [4.69, 9.17) is 4.74 Å². The summed E-state index contributed by atoms with van der Waals surface area (Å²) in [4.78, 5) is 11.8. The minimum absolute atomic E-state index is 0.00610. The van der Waals surface area contributed by atoms with Gasteiger partial charge in [0, 0.05) is 12.5 Å². The van der Waals surface area contributed by atoms with Crippen molar-refractivity contribution in [3.63, 3.8) is 0 Å². The number of halogens is 3. The summed E-state index contributed by atoms with van der Waals surface area (Å²) < 4.78 is 42.9. The van der Waals surface area contributed by atoms with Gasteiger partial charge in [0.05, 0.1) is 5.56 Å². The summed E-state index contributed by atoms with van der Waals surface area (Å²) in [5.74, 6) is -0.0480. The fraction of sp³-hybridized carbons (Fsp3) is 0.562. The smallest absolute Gasteiger partial charge is 0.416 e. The van der Waals surface area contributed by atoms with Gasteiger partial charge in [0.15, 0.2) is 0 Å². The first-order chi connectivity index (χ1) is 10.9. The van der Waals surface area contributed by atoms with Crippen molar-refractivity contribution < 1.29 is 27.8 Å². The van der Waals surface area contributed by atoms with E-state index in [2.05, 4.69) is 5.32 Å².